The summed E-state index contributed by atoms with van der Waals surface area (Å²) in [5.41, 5.74) is 3.58. The van der Waals surface area contributed by atoms with Gasteiger partial charge in [0.05, 0.1) is 11.7 Å². The Balaban J connectivity index is 1.81. The van der Waals surface area contributed by atoms with Gasteiger partial charge in [-0.3, -0.25) is 4.90 Å². The zero-order chi connectivity index (χ0) is 22.1. The van der Waals surface area contributed by atoms with E-state index >= 15 is 0 Å². The minimum atomic E-state index is 0.157. The normalized spacial score (nSPS) is 12.0. The number of hydrogen-bond donors (Lipinski definition) is 0. The van der Waals surface area contributed by atoms with Crippen molar-refractivity contribution >= 4 is 35.4 Å². The van der Waals surface area contributed by atoms with Crippen molar-refractivity contribution in [3.63, 3.8) is 0 Å². The van der Waals surface area contributed by atoms with Gasteiger partial charge in [-0.25, -0.2) is 4.68 Å². The summed E-state index contributed by atoms with van der Waals surface area (Å²) in [5, 5.41) is 5.94. The molecule has 0 saturated carbocycles. The molecule has 0 radical (unpaired) electrons. The third kappa shape index (κ3) is 5.14. The van der Waals surface area contributed by atoms with E-state index < -0.39 is 0 Å². The molecule has 3 aromatic rings. The Kier molecular flexibility index (Phi) is 7.08. The third-order valence-corrected chi connectivity index (χ3v) is 6.04. The van der Waals surface area contributed by atoms with E-state index in [0.29, 0.717) is 28.0 Å². The fraction of sp³-hybridized carbons (Fsp3) is 0.391. The van der Waals surface area contributed by atoms with E-state index in [2.05, 4.69) is 63.9 Å². The van der Waals surface area contributed by atoms with Crippen LogP contribution in [-0.2, 0) is 25.2 Å². The molecule has 0 saturated heterocycles. The van der Waals surface area contributed by atoms with E-state index in [0.717, 1.165) is 17.9 Å². The zero-order valence-electron chi connectivity index (χ0n) is 18.1. The molecule has 0 spiro atoms. The van der Waals surface area contributed by atoms with Gasteiger partial charge in [0, 0.05) is 23.7 Å². The van der Waals surface area contributed by atoms with Crippen molar-refractivity contribution in [3.8, 4) is 11.4 Å². The molecule has 0 N–H and O–H groups in total. The van der Waals surface area contributed by atoms with Crippen LogP contribution in [0.5, 0.6) is 0 Å². The molecular formula is C23H28Cl2N4S. The predicted octanol–water partition coefficient (Wildman–Crippen LogP) is 6.79. The number of hydrogen-bond acceptors (Lipinski definition) is 3. The highest BCUT2D eigenvalue weighted by Gasteiger charge is 2.16. The van der Waals surface area contributed by atoms with Crippen molar-refractivity contribution in [2.45, 2.75) is 52.9 Å². The minimum Gasteiger partial charge on any atom is -0.300 e. The third-order valence-electron chi connectivity index (χ3n) is 5.06. The van der Waals surface area contributed by atoms with Gasteiger partial charge in [-0.1, -0.05) is 68.2 Å². The van der Waals surface area contributed by atoms with Crippen molar-refractivity contribution in [2.24, 2.45) is 0 Å². The molecule has 0 aliphatic carbocycles. The molecule has 0 aliphatic rings. The average molecular weight is 463 g/mol. The number of nitrogens with zero attached hydrogens (tertiary/aromatic N) is 4. The minimum absolute atomic E-state index is 0.157. The van der Waals surface area contributed by atoms with E-state index in [4.69, 9.17) is 40.5 Å². The molecule has 0 unspecified atom stereocenters. The average Bonchev–Trinajstić information content (AvgIpc) is 2.96. The van der Waals surface area contributed by atoms with Gasteiger partial charge in [-0.15, -0.1) is 0 Å². The van der Waals surface area contributed by atoms with E-state index in [1.807, 2.05) is 21.4 Å². The van der Waals surface area contributed by atoms with Crippen LogP contribution in [0, 0.1) is 4.77 Å². The SMILES string of the molecule is CCn1c(-c2ccc(Cl)cc2Cl)nn(CN(C)Cc2ccc(C(C)(C)C)cc2)c1=S. The summed E-state index contributed by atoms with van der Waals surface area (Å²) in [4.78, 5) is 2.20. The summed E-state index contributed by atoms with van der Waals surface area (Å²) in [6, 6.07) is 14.2. The highest BCUT2D eigenvalue weighted by atomic mass is 35.5. The number of halogens is 2. The number of rotatable bonds is 6. The molecule has 0 atom stereocenters. The van der Waals surface area contributed by atoms with Crippen LogP contribution in [0.2, 0.25) is 10.0 Å². The molecule has 3 rings (SSSR count). The fourth-order valence-electron chi connectivity index (χ4n) is 3.39. The second-order valence-corrected chi connectivity index (χ2v) is 9.79. The van der Waals surface area contributed by atoms with Gasteiger partial charge < -0.3 is 4.57 Å². The van der Waals surface area contributed by atoms with Crippen molar-refractivity contribution in [1.29, 1.82) is 0 Å². The van der Waals surface area contributed by atoms with Gasteiger partial charge in [0.15, 0.2) is 10.6 Å². The fourth-order valence-corrected chi connectivity index (χ4v) is 4.20. The lowest BCUT2D eigenvalue weighted by Crippen LogP contribution is -2.22. The second-order valence-electron chi connectivity index (χ2n) is 8.58. The van der Waals surface area contributed by atoms with Gasteiger partial charge in [0.25, 0.3) is 0 Å². The van der Waals surface area contributed by atoms with Crippen LogP contribution < -0.4 is 0 Å². The van der Waals surface area contributed by atoms with Gasteiger partial charge in [-0.2, -0.15) is 5.10 Å². The predicted molar refractivity (Wildman–Crippen MR) is 129 cm³/mol. The Hall–Kier alpha value is -1.66. The molecule has 2 aromatic carbocycles. The Morgan fingerprint density at radius 2 is 1.73 bits per heavy atom. The quantitative estimate of drug-likeness (QED) is 0.376. The summed E-state index contributed by atoms with van der Waals surface area (Å²) in [5.74, 6) is 0.757. The van der Waals surface area contributed by atoms with Crippen LogP contribution in [0.25, 0.3) is 11.4 Å². The lowest BCUT2D eigenvalue weighted by Gasteiger charge is -2.20. The van der Waals surface area contributed by atoms with Crippen LogP contribution in [0.1, 0.15) is 38.8 Å². The topological polar surface area (TPSA) is 26.0 Å². The van der Waals surface area contributed by atoms with E-state index in [-0.39, 0.29) is 5.41 Å². The van der Waals surface area contributed by atoms with Gasteiger partial charge >= 0.3 is 0 Å². The smallest absolute Gasteiger partial charge is 0.199 e. The summed E-state index contributed by atoms with van der Waals surface area (Å²) in [7, 11) is 2.07. The molecule has 4 nitrogen and oxygen atoms in total. The lowest BCUT2D eigenvalue weighted by molar-refractivity contribution is 0.244. The first-order chi connectivity index (χ1) is 14.1. The maximum Gasteiger partial charge on any atom is 0.199 e. The van der Waals surface area contributed by atoms with Crippen molar-refractivity contribution in [3.05, 3.63) is 68.4 Å². The second kappa shape index (κ2) is 9.23. The summed E-state index contributed by atoms with van der Waals surface area (Å²) in [6.45, 7) is 10.8. The van der Waals surface area contributed by atoms with Gasteiger partial charge in [0.1, 0.15) is 0 Å². The summed E-state index contributed by atoms with van der Waals surface area (Å²) < 4.78 is 4.52. The highest BCUT2D eigenvalue weighted by Crippen LogP contribution is 2.30. The summed E-state index contributed by atoms with van der Waals surface area (Å²) >= 11 is 18.2. The van der Waals surface area contributed by atoms with Crippen molar-refractivity contribution in [2.75, 3.05) is 7.05 Å². The Morgan fingerprint density at radius 1 is 1.07 bits per heavy atom. The van der Waals surface area contributed by atoms with E-state index in [1.165, 1.54) is 11.1 Å². The standard InChI is InChI=1S/C23H28Cl2N4S/c1-6-28-21(19-12-11-18(24)13-20(19)25)26-29(22(28)30)15-27(5)14-16-7-9-17(10-8-16)23(2,3)4/h7-13H,6,14-15H2,1-5H3. The van der Waals surface area contributed by atoms with Crippen LogP contribution in [0.15, 0.2) is 42.5 Å². The molecule has 30 heavy (non-hydrogen) atoms. The first-order valence-electron chi connectivity index (χ1n) is 10.0. The first kappa shape index (κ1) is 23.0. The first-order valence-corrected chi connectivity index (χ1v) is 11.2. The molecule has 1 heterocycles. The maximum atomic E-state index is 6.42. The van der Waals surface area contributed by atoms with Crippen LogP contribution in [0.3, 0.4) is 0 Å². The number of benzene rings is 2. The molecule has 7 heteroatoms. The van der Waals surface area contributed by atoms with E-state index in [9.17, 15) is 0 Å². The van der Waals surface area contributed by atoms with Gasteiger partial charge in [-0.05, 0) is 60.9 Å². The molecule has 1 aromatic heterocycles. The van der Waals surface area contributed by atoms with Crippen molar-refractivity contribution < 1.29 is 0 Å². The molecule has 0 aliphatic heterocycles. The Bertz CT molecular complexity index is 1080. The maximum absolute atomic E-state index is 6.42. The monoisotopic (exact) mass is 462 g/mol. The van der Waals surface area contributed by atoms with Crippen LogP contribution in [0.4, 0.5) is 0 Å². The molecule has 0 fully saturated rings. The van der Waals surface area contributed by atoms with Crippen LogP contribution in [-0.4, -0.2) is 26.3 Å². The zero-order valence-corrected chi connectivity index (χ0v) is 20.4. The van der Waals surface area contributed by atoms with E-state index in [1.54, 1.807) is 6.07 Å². The Morgan fingerprint density at radius 3 is 2.30 bits per heavy atom. The largest absolute Gasteiger partial charge is 0.300 e. The highest BCUT2D eigenvalue weighted by molar-refractivity contribution is 7.71. The molecule has 0 bridgehead atoms. The Labute approximate surface area is 194 Å². The molecular weight excluding hydrogens is 435 g/mol. The van der Waals surface area contributed by atoms with Crippen molar-refractivity contribution in [1.82, 2.24) is 19.2 Å². The molecule has 160 valence electrons. The van der Waals surface area contributed by atoms with Gasteiger partial charge in [0.2, 0.25) is 0 Å². The number of aromatic nitrogens is 3. The summed E-state index contributed by atoms with van der Waals surface area (Å²) in [6.07, 6.45) is 0. The molecule has 0 amide bonds. The lowest BCUT2D eigenvalue weighted by atomic mass is 9.87. The van der Waals surface area contributed by atoms with Crippen LogP contribution >= 0.6 is 35.4 Å².